The third-order valence-electron chi connectivity index (χ3n) is 3.75. The van der Waals surface area contributed by atoms with Gasteiger partial charge < -0.3 is 18.9 Å². The Balaban J connectivity index is 2.63. The molecule has 25 heavy (non-hydrogen) atoms. The largest absolute Gasteiger partial charge is 0.494 e. The summed E-state index contributed by atoms with van der Waals surface area (Å²) in [6.45, 7) is 0.489. The Morgan fingerprint density at radius 3 is 2.40 bits per heavy atom. The first-order valence-electron chi connectivity index (χ1n) is 7.25. The lowest BCUT2D eigenvalue weighted by Gasteiger charge is -2.29. The van der Waals surface area contributed by atoms with E-state index < -0.39 is 31.2 Å². The molecular formula is C13H21NO8S3. The van der Waals surface area contributed by atoms with E-state index in [9.17, 15) is 16.8 Å². The van der Waals surface area contributed by atoms with Crippen molar-refractivity contribution in [3.05, 3.63) is 5.56 Å². The van der Waals surface area contributed by atoms with E-state index in [0.29, 0.717) is 17.9 Å². The van der Waals surface area contributed by atoms with E-state index in [1.54, 1.807) is 0 Å². The smallest absolute Gasteiger partial charge is 0.251 e. The summed E-state index contributed by atoms with van der Waals surface area (Å²) in [6.07, 6.45) is -0.556. The van der Waals surface area contributed by atoms with Gasteiger partial charge in [0.1, 0.15) is 4.21 Å². The molecule has 0 fully saturated rings. The SMILES string of the molecule is COCCOC1CC(COC)S(=O)(=O)c2sc(S(N)(=O)=O)c(OC)c21. The van der Waals surface area contributed by atoms with Crippen molar-refractivity contribution in [2.45, 2.75) is 26.2 Å². The summed E-state index contributed by atoms with van der Waals surface area (Å²) in [6, 6.07) is 0. The highest BCUT2D eigenvalue weighted by Crippen LogP contribution is 2.50. The highest BCUT2D eigenvalue weighted by Gasteiger charge is 2.45. The Labute approximate surface area is 151 Å². The average molecular weight is 416 g/mol. The Morgan fingerprint density at radius 1 is 1.20 bits per heavy atom. The minimum atomic E-state index is -4.15. The van der Waals surface area contributed by atoms with Crippen LogP contribution in [0.2, 0.25) is 0 Å². The fourth-order valence-corrected chi connectivity index (χ4v) is 7.47. The summed E-state index contributed by atoms with van der Waals surface area (Å²) in [5.74, 6) is -0.0793. The number of nitrogens with two attached hydrogens (primary N) is 1. The molecule has 12 heteroatoms. The molecule has 0 radical (unpaired) electrons. The van der Waals surface area contributed by atoms with E-state index in [2.05, 4.69) is 0 Å². The van der Waals surface area contributed by atoms with Crippen LogP contribution < -0.4 is 9.88 Å². The van der Waals surface area contributed by atoms with Gasteiger partial charge in [0.15, 0.2) is 19.8 Å². The van der Waals surface area contributed by atoms with Gasteiger partial charge >= 0.3 is 0 Å². The van der Waals surface area contributed by atoms with Crippen LogP contribution in [0.1, 0.15) is 18.1 Å². The van der Waals surface area contributed by atoms with Crippen molar-refractivity contribution in [3.63, 3.8) is 0 Å². The second kappa shape index (κ2) is 7.86. The Morgan fingerprint density at radius 2 is 1.88 bits per heavy atom. The van der Waals surface area contributed by atoms with Crippen LogP contribution in [0.25, 0.3) is 0 Å². The van der Waals surface area contributed by atoms with Gasteiger partial charge in [0, 0.05) is 14.2 Å². The van der Waals surface area contributed by atoms with Crippen LogP contribution in [0, 0.1) is 0 Å². The number of hydrogen-bond donors (Lipinski definition) is 1. The molecule has 144 valence electrons. The zero-order chi connectivity index (χ0) is 18.8. The first kappa shape index (κ1) is 20.6. The quantitative estimate of drug-likeness (QED) is 0.600. The Bertz CT molecular complexity index is 815. The Kier molecular flexibility index (Phi) is 6.46. The van der Waals surface area contributed by atoms with Crippen LogP contribution in [0.5, 0.6) is 5.75 Å². The maximum Gasteiger partial charge on any atom is 0.251 e. The fourth-order valence-electron chi connectivity index (χ4n) is 2.66. The van der Waals surface area contributed by atoms with E-state index >= 15 is 0 Å². The summed E-state index contributed by atoms with van der Waals surface area (Å²) in [7, 11) is -3.78. The molecule has 0 aromatic carbocycles. The third-order valence-corrected chi connectivity index (χ3v) is 9.07. The van der Waals surface area contributed by atoms with Crippen molar-refractivity contribution >= 4 is 31.2 Å². The summed E-state index contributed by atoms with van der Waals surface area (Å²) in [4.78, 5) is 0. The number of primary sulfonamides is 1. The topological polar surface area (TPSA) is 131 Å². The summed E-state index contributed by atoms with van der Waals surface area (Å²) in [5.41, 5.74) is 0.194. The number of ether oxygens (including phenoxy) is 4. The van der Waals surface area contributed by atoms with Crippen molar-refractivity contribution in [3.8, 4) is 5.75 Å². The molecule has 1 aromatic rings. The number of hydrogen-bond acceptors (Lipinski definition) is 9. The normalized spacial score (nSPS) is 22.6. The van der Waals surface area contributed by atoms with Crippen LogP contribution in [0.3, 0.4) is 0 Å². The van der Waals surface area contributed by atoms with Crippen molar-refractivity contribution in [2.24, 2.45) is 5.14 Å². The molecule has 2 heterocycles. The van der Waals surface area contributed by atoms with Crippen LogP contribution in [-0.2, 0) is 34.1 Å². The number of rotatable bonds is 8. The molecule has 2 unspecified atom stereocenters. The standard InChI is InChI=1S/C13H21NO8S3/c1-19-4-5-22-9-6-8(7-20-2)24(15,16)12-10(9)11(21-3)13(23-12)25(14,17)18/h8-9H,4-7H2,1-3H3,(H2,14,17,18). The van der Waals surface area contributed by atoms with E-state index in [1.165, 1.54) is 21.3 Å². The lowest BCUT2D eigenvalue weighted by atomic mass is 10.1. The highest BCUT2D eigenvalue weighted by atomic mass is 32.3. The van der Waals surface area contributed by atoms with Crippen molar-refractivity contribution in [1.29, 1.82) is 0 Å². The monoisotopic (exact) mass is 415 g/mol. The van der Waals surface area contributed by atoms with E-state index in [1.807, 2.05) is 0 Å². The molecule has 0 saturated carbocycles. The van der Waals surface area contributed by atoms with Crippen molar-refractivity contribution in [1.82, 2.24) is 0 Å². The summed E-state index contributed by atoms with van der Waals surface area (Å²) >= 11 is 0.580. The number of sulfone groups is 1. The zero-order valence-corrected chi connectivity index (χ0v) is 16.5. The van der Waals surface area contributed by atoms with Gasteiger partial charge in [0.05, 0.1) is 43.8 Å². The molecule has 2 atom stereocenters. The molecule has 0 spiro atoms. The maximum absolute atomic E-state index is 12.8. The zero-order valence-electron chi connectivity index (χ0n) is 14.1. The predicted octanol–water partition coefficient (Wildman–Crippen LogP) is 0.301. The van der Waals surface area contributed by atoms with Gasteiger partial charge in [-0.25, -0.2) is 22.0 Å². The van der Waals surface area contributed by atoms with Gasteiger partial charge in [-0.1, -0.05) is 0 Å². The van der Waals surface area contributed by atoms with Gasteiger partial charge in [-0.3, -0.25) is 0 Å². The minimum Gasteiger partial charge on any atom is -0.494 e. The molecule has 2 N–H and O–H groups in total. The second-order valence-electron chi connectivity index (χ2n) is 5.38. The van der Waals surface area contributed by atoms with Gasteiger partial charge in [-0.2, -0.15) is 0 Å². The number of methoxy groups -OCH3 is 3. The summed E-state index contributed by atoms with van der Waals surface area (Å²) in [5, 5.41) is 4.36. The van der Waals surface area contributed by atoms with Crippen LogP contribution in [-0.4, -0.2) is 63.2 Å². The van der Waals surface area contributed by atoms with Gasteiger partial charge in [-0.15, -0.1) is 11.3 Å². The van der Waals surface area contributed by atoms with E-state index in [-0.39, 0.29) is 39.4 Å². The highest BCUT2D eigenvalue weighted by molar-refractivity contribution is 7.95. The second-order valence-corrected chi connectivity index (χ2v) is 10.6. The predicted molar refractivity (Wildman–Crippen MR) is 90.3 cm³/mol. The Hall–Kier alpha value is -0.760. The van der Waals surface area contributed by atoms with Crippen molar-refractivity contribution < 1.29 is 35.8 Å². The molecule has 0 saturated heterocycles. The number of thiophene rings is 1. The molecule has 9 nitrogen and oxygen atoms in total. The van der Waals surface area contributed by atoms with Crippen LogP contribution in [0.15, 0.2) is 8.42 Å². The first-order valence-corrected chi connectivity index (χ1v) is 11.2. The number of sulfonamides is 1. The number of fused-ring (bicyclic) bond motifs is 1. The van der Waals surface area contributed by atoms with Gasteiger partial charge in [0.2, 0.25) is 0 Å². The molecule has 1 aliphatic rings. The summed E-state index contributed by atoms with van der Waals surface area (Å²) < 4.78 is 69.8. The lowest BCUT2D eigenvalue weighted by Crippen LogP contribution is -2.33. The minimum absolute atomic E-state index is 0.0309. The average Bonchev–Trinajstić information content (AvgIpc) is 2.93. The van der Waals surface area contributed by atoms with Gasteiger partial charge in [0.25, 0.3) is 10.0 Å². The molecule has 0 amide bonds. The molecule has 0 bridgehead atoms. The van der Waals surface area contributed by atoms with Crippen LogP contribution >= 0.6 is 11.3 Å². The van der Waals surface area contributed by atoms with Gasteiger partial charge in [-0.05, 0) is 6.42 Å². The van der Waals surface area contributed by atoms with Crippen molar-refractivity contribution in [2.75, 3.05) is 41.2 Å². The third kappa shape index (κ3) is 3.99. The lowest BCUT2D eigenvalue weighted by molar-refractivity contribution is 0.00500. The van der Waals surface area contributed by atoms with Crippen LogP contribution in [0.4, 0.5) is 0 Å². The molecule has 0 aliphatic carbocycles. The molecule has 1 aromatic heterocycles. The van der Waals surface area contributed by atoms with E-state index in [0.717, 1.165) is 0 Å². The first-order chi connectivity index (χ1) is 11.7. The maximum atomic E-state index is 12.8. The molecular weight excluding hydrogens is 394 g/mol. The molecule has 2 rings (SSSR count). The molecule has 1 aliphatic heterocycles. The van der Waals surface area contributed by atoms with E-state index in [4.69, 9.17) is 24.1 Å². The fraction of sp³-hybridized carbons (Fsp3) is 0.692.